The second-order valence-corrected chi connectivity index (χ2v) is 6.34. The zero-order valence-electron chi connectivity index (χ0n) is 10.6. The number of halogens is 4. The van der Waals surface area contributed by atoms with Crippen molar-refractivity contribution in [3.8, 4) is 0 Å². The Hall–Kier alpha value is -0.880. The van der Waals surface area contributed by atoms with Gasteiger partial charge in [-0.3, -0.25) is 0 Å². The zero-order valence-corrected chi connectivity index (χ0v) is 14.5. The first kappa shape index (κ1) is 16.5. The van der Waals surface area contributed by atoms with Crippen molar-refractivity contribution in [1.29, 1.82) is 0 Å². The van der Waals surface area contributed by atoms with Gasteiger partial charge in [0, 0.05) is 21.1 Å². The lowest BCUT2D eigenvalue weighted by atomic mass is 10.2. The first-order valence-corrected chi connectivity index (χ1v) is 7.85. The maximum Gasteiger partial charge on any atom is 0.171 e. The van der Waals surface area contributed by atoms with E-state index in [1.165, 1.54) is 6.07 Å². The van der Waals surface area contributed by atoms with Crippen molar-refractivity contribution >= 4 is 62.1 Å². The summed E-state index contributed by atoms with van der Waals surface area (Å²) in [5.41, 5.74) is 1.15. The highest BCUT2D eigenvalue weighted by Gasteiger charge is 2.06. The summed E-state index contributed by atoms with van der Waals surface area (Å²) in [6.07, 6.45) is 0. The molecular formula is C14H10BrCl2FN2S. The van der Waals surface area contributed by atoms with E-state index in [0.717, 1.165) is 5.56 Å². The Labute approximate surface area is 145 Å². The maximum atomic E-state index is 13.7. The van der Waals surface area contributed by atoms with Gasteiger partial charge in [-0.05, 0) is 48.1 Å². The Kier molecular flexibility index (Phi) is 5.81. The van der Waals surface area contributed by atoms with E-state index in [1.807, 2.05) is 0 Å². The summed E-state index contributed by atoms with van der Waals surface area (Å²) in [7, 11) is 0. The van der Waals surface area contributed by atoms with Crippen LogP contribution in [0.3, 0.4) is 0 Å². The average molecular weight is 408 g/mol. The van der Waals surface area contributed by atoms with E-state index in [9.17, 15) is 4.39 Å². The van der Waals surface area contributed by atoms with Crippen molar-refractivity contribution in [2.75, 3.05) is 5.32 Å². The summed E-state index contributed by atoms with van der Waals surface area (Å²) in [6, 6.07) is 9.90. The summed E-state index contributed by atoms with van der Waals surface area (Å²) in [4.78, 5) is 0. The molecule has 0 unspecified atom stereocenters. The molecule has 21 heavy (non-hydrogen) atoms. The molecule has 2 aromatic rings. The van der Waals surface area contributed by atoms with Gasteiger partial charge in [0.1, 0.15) is 5.82 Å². The molecule has 0 heterocycles. The maximum absolute atomic E-state index is 13.7. The van der Waals surface area contributed by atoms with Crippen LogP contribution in [0.15, 0.2) is 40.9 Å². The van der Waals surface area contributed by atoms with Crippen LogP contribution in [0.5, 0.6) is 0 Å². The van der Waals surface area contributed by atoms with Crippen LogP contribution in [0, 0.1) is 5.82 Å². The topological polar surface area (TPSA) is 24.1 Å². The molecule has 2 rings (SSSR count). The Morgan fingerprint density at radius 2 is 1.95 bits per heavy atom. The third-order valence-corrected chi connectivity index (χ3v) is 3.96. The van der Waals surface area contributed by atoms with Crippen molar-refractivity contribution in [1.82, 2.24) is 5.32 Å². The quantitative estimate of drug-likeness (QED) is 0.667. The number of nitrogens with one attached hydrogen (secondary N) is 2. The van der Waals surface area contributed by atoms with Crippen LogP contribution >= 0.6 is 51.3 Å². The van der Waals surface area contributed by atoms with E-state index in [2.05, 4.69) is 26.6 Å². The number of thiocarbonyl (C=S) groups is 1. The van der Waals surface area contributed by atoms with Crippen molar-refractivity contribution < 1.29 is 4.39 Å². The first-order chi connectivity index (χ1) is 9.95. The summed E-state index contributed by atoms with van der Waals surface area (Å²) in [5.74, 6) is -0.391. The summed E-state index contributed by atoms with van der Waals surface area (Å²) in [5, 5.41) is 7.18. The van der Waals surface area contributed by atoms with Crippen LogP contribution in [0.2, 0.25) is 10.0 Å². The van der Waals surface area contributed by atoms with Gasteiger partial charge in [0.15, 0.2) is 5.11 Å². The lowest BCUT2D eigenvalue weighted by Crippen LogP contribution is -2.28. The van der Waals surface area contributed by atoms with Crippen LogP contribution in [-0.2, 0) is 6.54 Å². The number of anilines is 1. The minimum Gasteiger partial charge on any atom is -0.358 e. The SMILES string of the molecule is Fc1cc(Br)ccc1NC(=S)NCc1ccc(Cl)cc1Cl. The minimum absolute atomic E-state index is 0.304. The van der Waals surface area contributed by atoms with Gasteiger partial charge in [0.05, 0.1) is 5.69 Å². The standard InChI is InChI=1S/C14H10BrCl2FN2S/c15-9-2-4-13(12(18)5-9)20-14(21)19-7-8-1-3-10(16)6-11(8)17/h1-6H,7H2,(H2,19,20,21). The van der Waals surface area contributed by atoms with Crippen molar-refractivity contribution in [2.45, 2.75) is 6.54 Å². The normalized spacial score (nSPS) is 10.3. The van der Waals surface area contributed by atoms with Crippen molar-refractivity contribution in [3.63, 3.8) is 0 Å². The summed E-state index contributed by atoms with van der Waals surface area (Å²) >= 11 is 20.2. The molecule has 0 saturated heterocycles. The molecule has 0 bridgehead atoms. The fraction of sp³-hybridized carbons (Fsp3) is 0.0714. The molecule has 0 aliphatic heterocycles. The molecule has 7 heteroatoms. The smallest absolute Gasteiger partial charge is 0.171 e. The molecule has 0 atom stereocenters. The molecule has 2 aromatic carbocycles. The highest BCUT2D eigenvalue weighted by molar-refractivity contribution is 9.10. The van der Waals surface area contributed by atoms with Crippen LogP contribution < -0.4 is 10.6 Å². The van der Waals surface area contributed by atoms with E-state index in [-0.39, 0.29) is 0 Å². The largest absolute Gasteiger partial charge is 0.358 e. The molecule has 0 aromatic heterocycles. The zero-order chi connectivity index (χ0) is 15.4. The molecule has 0 amide bonds. The van der Waals surface area contributed by atoms with Crippen LogP contribution in [0.1, 0.15) is 5.56 Å². The molecule has 0 saturated carbocycles. The number of benzene rings is 2. The van der Waals surface area contributed by atoms with Crippen LogP contribution in [-0.4, -0.2) is 5.11 Å². The lowest BCUT2D eigenvalue weighted by molar-refractivity contribution is 0.631. The molecule has 0 fully saturated rings. The molecule has 110 valence electrons. The molecule has 0 aliphatic rings. The number of hydrogen-bond acceptors (Lipinski definition) is 1. The van der Waals surface area contributed by atoms with Gasteiger partial charge in [-0.2, -0.15) is 0 Å². The second-order valence-electron chi connectivity index (χ2n) is 4.17. The Morgan fingerprint density at radius 1 is 1.19 bits per heavy atom. The molecule has 2 nitrogen and oxygen atoms in total. The average Bonchev–Trinajstić information content (AvgIpc) is 2.41. The predicted octanol–water partition coefficient (Wildman–Crippen LogP) is 5.38. The van der Waals surface area contributed by atoms with Gasteiger partial charge < -0.3 is 10.6 Å². The highest BCUT2D eigenvalue weighted by atomic mass is 79.9. The van der Waals surface area contributed by atoms with E-state index in [4.69, 9.17) is 35.4 Å². The van der Waals surface area contributed by atoms with Gasteiger partial charge in [-0.1, -0.05) is 45.2 Å². The summed E-state index contributed by atoms with van der Waals surface area (Å²) in [6.45, 7) is 0.417. The van der Waals surface area contributed by atoms with Crippen molar-refractivity contribution in [3.05, 3.63) is 62.3 Å². The van der Waals surface area contributed by atoms with E-state index < -0.39 is 5.82 Å². The fourth-order valence-electron chi connectivity index (χ4n) is 1.60. The monoisotopic (exact) mass is 406 g/mol. The van der Waals surface area contributed by atoms with Gasteiger partial charge in [0.2, 0.25) is 0 Å². The molecular weight excluding hydrogens is 398 g/mol. The molecule has 0 spiro atoms. The fourth-order valence-corrected chi connectivity index (χ4v) is 2.59. The van der Waals surface area contributed by atoms with Crippen LogP contribution in [0.4, 0.5) is 10.1 Å². The number of hydrogen-bond donors (Lipinski definition) is 2. The Bertz CT molecular complexity index is 682. The lowest BCUT2D eigenvalue weighted by Gasteiger charge is -2.12. The van der Waals surface area contributed by atoms with Gasteiger partial charge in [0.25, 0.3) is 0 Å². The predicted molar refractivity (Wildman–Crippen MR) is 93.6 cm³/mol. The summed E-state index contributed by atoms with van der Waals surface area (Å²) < 4.78 is 14.3. The third-order valence-electron chi connectivity index (χ3n) is 2.63. The van der Waals surface area contributed by atoms with Gasteiger partial charge in [-0.25, -0.2) is 4.39 Å². The van der Waals surface area contributed by atoms with E-state index in [0.29, 0.717) is 31.9 Å². The first-order valence-electron chi connectivity index (χ1n) is 5.89. The van der Waals surface area contributed by atoms with Gasteiger partial charge in [-0.15, -0.1) is 0 Å². The van der Waals surface area contributed by atoms with E-state index in [1.54, 1.807) is 30.3 Å². The van der Waals surface area contributed by atoms with Gasteiger partial charge >= 0.3 is 0 Å². The third kappa shape index (κ3) is 4.81. The highest BCUT2D eigenvalue weighted by Crippen LogP contribution is 2.21. The molecule has 2 N–H and O–H groups in total. The minimum atomic E-state index is -0.391. The van der Waals surface area contributed by atoms with Crippen molar-refractivity contribution in [2.24, 2.45) is 0 Å². The molecule has 0 radical (unpaired) electrons. The Morgan fingerprint density at radius 3 is 2.62 bits per heavy atom. The Balaban J connectivity index is 1.96. The molecule has 0 aliphatic carbocycles. The second kappa shape index (κ2) is 7.40. The number of rotatable bonds is 3. The van der Waals surface area contributed by atoms with E-state index >= 15 is 0 Å². The van der Waals surface area contributed by atoms with Crippen LogP contribution in [0.25, 0.3) is 0 Å².